The summed E-state index contributed by atoms with van der Waals surface area (Å²) in [4.78, 5) is 6.08. The quantitative estimate of drug-likeness (QED) is 0.899. The molecule has 94 valence electrons. The number of rotatable bonds is 3. The second-order valence-corrected chi connectivity index (χ2v) is 6.32. The van der Waals surface area contributed by atoms with Gasteiger partial charge in [0.2, 0.25) is 0 Å². The standard InChI is InChI=1S/C13H19NO2S/c1-9-11(13(8-15)4-5-13)17-12(14-9)10-2-6-16-7-3-10/h10,15H,2-8H2,1H3. The first kappa shape index (κ1) is 11.6. The van der Waals surface area contributed by atoms with Gasteiger partial charge in [-0.15, -0.1) is 11.3 Å². The number of aromatic nitrogens is 1. The van der Waals surface area contributed by atoms with Crippen LogP contribution >= 0.6 is 11.3 Å². The third-order valence-corrected chi connectivity index (χ3v) is 5.59. The highest BCUT2D eigenvalue weighted by molar-refractivity contribution is 7.12. The Balaban J connectivity index is 1.85. The van der Waals surface area contributed by atoms with Gasteiger partial charge in [-0.3, -0.25) is 0 Å². The lowest BCUT2D eigenvalue weighted by Gasteiger charge is -2.19. The van der Waals surface area contributed by atoms with Crippen molar-refractivity contribution >= 4 is 11.3 Å². The van der Waals surface area contributed by atoms with Crippen molar-refractivity contribution < 1.29 is 9.84 Å². The summed E-state index contributed by atoms with van der Waals surface area (Å²) in [5, 5.41) is 10.8. The first-order valence-electron chi connectivity index (χ1n) is 6.41. The van der Waals surface area contributed by atoms with Crippen LogP contribution in [0.5, 0.6) is 0 Å². The van der Waals surface area contributed by atoms with Crippen LogP contribution in [0.25, 0.3) is 0 Å². The van der Waals surface area contributed by atoms with E-state index in [2.05, 4.69) is 6.92 Å². The van der Waals surface area contributed by atoms with Gasteiger partial charge in [-0.1, -0.05) is 0 Å². The van der Waals surface area contributed by atoms with Crippen LogP contribution < -0.4 is 0 Å². The zero-order valence-corrected chi connectivity index (χ0v) is 11.1. The molecule has 17 heavy (non-hydrogen) atoms. The molecule has 1 aromatic heterocycles. The van der Waals surface area contributed by atoms with Crippen LogP contribution in [0.2, 0.25) is 0 Å². The van der Waals surface area contributed by atoms with E-state index in [9.17, 15) is 5.11 Å². The zero-order valence-electron chi connectivity index (χ0n) is 10.2. The molecule has 3 nitrogen and oxygen atoms in total. The number of hydrogen-bond donors (Lipinski definition) is 1. The van der Waals surface area contributed by atoms with E-state index in [1.807, 2.05) is 11.3 Å². The molecule has 1 aliphatic heterocycles. The molecule has 2 heterocycles. The van der Waals surface area contributed by atoms with E-state index in [1.165, 1.54) is 9.88 Å². The summed E-state index contributed by atoms with van der Waals surface area (Å²) in [5.41, 5.74) is 1.22. The average molecular weight is 253 g/mol. The second-order valence-electron chi connectivity index (χ2n) is 5.29. The van der Waals surface area contributed by atoms with Crippen LogP contribution in [0.1, 0.15) is 47.2 Å². The van der Waals surface area contributed by atoms with Gasteiger partial charge >= 0.3 is 0 Å². The second kappa shape index (κ2) is 4.34. The van der Waals surface area contributed by atoms with Crippen molar-refractivity contribution in [2.45, 2.75) is 43.9 Å². The van der Waals surface area contributed by atoms with Crippen molar-refractivity contribution in [3.63, 3.8) is 0 Å². The van der Waals surface area contributed by atoms with Gasteiger partial charge in [0.25, 0.3) is 0 Å². The third-order valence-electron chi connectivity index (χ3n) is 4.02. The summed E-state index contributed by atoms with van der Waals surface area (Å²) >= 11 is 1.83. The van der Waals surface area contributed by atoms with Gasteiger partial charge in [0.1, 0.15) is 0 Å². The fourth-order valence-electron chi connectivity index (χ4n) is 2.64. The van der Waals surface area contributed by atoms with Crippen molar-refractivity contribution in [2.24, 2.45) is 0 Å². The minimum absolute atomic E-state index is 0.0746. The Kier molecular flexibility index (Phi) is 2.97. The molecule has 0 unspecified atom stereocenters. The van der Waals surface area contributed by atoms with E-state index < -0.39 is 0 Å². The molecule has 1 saturated heterocycles. The fourth-order valence-corrected chi connectivity index (χ4v) is 4.11. The molecule has 3 rings (SSSR count). The van der Waals surface area contributed by atoms with Crippen LogP contribution in [0.3, 0.4) is 0 Å². The van der Waals surface area contributed by atoms with Gasteiger partial charge in [0.05, 0.1) is 17.3 Å². The van der Waals surface area contributed by atoms with Crippen LogP contribution in [-0.4, -0.2) is 29.9 Å². The van der Waals surface area contributed by atoms with Crippen molar-refractivity contribution in [2.75, 3.05) is 19.8 Å². The summed E-state index contributed by atoms with van der Waals surface area (Å²) in [6.07, 6.45) is 4.44. The highest BCUT2D eigenvalue weighted by Gasteiger charge is 2.46. The molecule has 0 spiro atoms. The van der Waals surface area contributed by atoms with Gasteiger partial charge < -0.3 is 9.84 Å². The smallest absolute Gasteiger partial charge is 0.0963 e. The normalized spacial score (nSPS) is 23.9. The van der Waals surface area contributed by atoms with Gasteiger partial charge in [0, 0.05) is 29.4 Å². The monoisotopic (exact) mass is 253 g/mol. The number of nitrogens with zero attached hydrogens (tertiary/aromatic N) is 1. The predicted molar refractivity (Wildman–Crippen MR) is 67.6 cm³/mol. The highest BCUT2D eigenvalue weighted by Crippen LogP contribution is 2.51. The summed E-state index contributed by atoms with van der Waals surface area (Å²) < 4.78 is 5.40. The molecular weight excluding hydrogens is 234 g/mol. The van der Waals surface area contributed by atoms with Crippen LogP contribution in [0.4, 0.5) is 0 Å². The zero-order chi connectivity index (χ0) is 11.9. The Labute approximate surface area is 106 Å². The SMILES string of the molecule is Cc1nc(C2CCOCC2)sc1C1(CO)CC1. The topological polar surface area (TPSA) is 42.4 Å². The van der Waals surface area contributed by atoms with Gasteiger partial charge in [-0.2, -0.15) is 0 Å². The largest absolute Gasteiger partial charge is 0.395 e. The summed E-state index contributed by atoms with van der Waals surface area (Å²) in [6.45, 7) is 4.10. The number of ether oxygens (including phenoxy) is 1. The highest BCUT2D eigenvalue weighted by atomic mass is 32.1. The Morgan fingerprint density at radius 1 is 1.41 bits per heavy atom. The number of aryl methyl sites for hydroxylation is 1. The molecule has 2 fully saturated rings. The molecule has 0 amide bonds. The Bertz CT molecular complexity index is 406. The van der Waals surface area contributed by atoms with Crippen LogP contribution in [0.15, 0.2) is 0 Å². The minimum Gasteiger partial charge on any atom is -0.395 e. The Hall–Kier alpha value is -0.450. The van der Waals surface area contributed by atoms with Crippen molar-refractivity contribution in [1.82, 2.24) is 4.98 Å². The third kappa shape index (κ3) is 2.02. The molecule has 0 aromatic carbocycles. The van der Waals surface area contributed by atoms with Crippen molar-refractivity contribution in [3.8, 4) is 0 Å². The summed E-state index contributed by atoms with van der Waals surface area (Å²) in [5.74, 6) is 0.579. The average Bonchev–Trinajstić information content (AvgIpc) is 3.07. The van der Waals surface area contributed by atoms with E-state index in [1.54, 1.807) is 0 Å². The van der Waals surface area contributed by atoms with E-state index in [0.29, 0.717) is 5.92 Å². The molecule has 4 heteroatoms. The minimum atomic E-state index is 0.0746. The molecule has 0 atom stereocenters. The lowest BCUT2D eigenvalue weighted by atomic mass is 10.0. The summed E-state index contributed by atoms with van der Waals surface area (Å²) in [7, 11) is 0. The first-order chi connectivity index (χ1) is 8.25. The van der Waals surface area contributed by atoms with Gasteiger partial charge in [0.15, 0.2) is 0 Å². The molecule has 2 aliphatic rings. The van der Waals surface area contributed by atoms with E-state index in [0.717, 1.165) is 44.6 Å². The van der Waals surface area contributed by atoms with E-state index in [-0.39, 0.29) is 12.0 Å². The molecule has 1 aliphatic carbocycles. The van der Waals surface area contributed by atoms with Crippen molar-refractivity contribution in [3.05, 3.63) is 15.6 Å². The number of hydrogen-bond acceptors (Lipinski definition) is 4. The number of aliphatic hydroxyl groups is 1. The lowest BCUT2D eigenvalue weighted by molar-refractivity contribution is 0.0852. The Morgan fingerprint density at radius 2 is 2.12 bits per heavy atom. The molecule has 1 saturated carbocycles. The maximum Gasteiger partial charge on any atom is 0.0963 e. The first-order valence-corrected chi connectivity index (χ1v) is 7.23. The van der Waals surface area contributed by atoms with Gasteiger partial charge in [-0.05, 0) is 32.6 Å². The molecule has 0 radical (unpaired) electrons. The van der Waals surface area contributed by atoms with Crippen LogP contribution in [-0.2, 0) is 10.2 Å². The van der Waals surface area contributed by atoms with Gasteiger partial charge in [-0.25, -0.2) is 4.98 Å². The van der Waals surface area contributed by atoms with Crippen LogP contribution in [0, 0.1) is 6.92 Å². The fraction of sp³-hybridized carbons (Fsp3) is 0.769. The van der Waals surface area contributed by atoms with E-state index >= 15 is 0 Å². The molecule has 0 bridgehead atoms. The van der Waals surface area contributed by atoms with Crippen molar-refractivity contribution in [1.29, 1.82) is 0 Å². The molecular formula is C13H19NO2S. The maximum atomic E-state index is 9.51. The predicted octanol–water partition coefficient (Wildman–Crippen LogP) is 2.37. The maximum absolute atomic E-state index is 9.51. The molecule has 1 N–H and O–H groups in total. The number of aliphatic hydroxyl groups excluding tert-OH is 1. The summed E-state index contributed by atoms with van der Waals surface area (Å²) in [6, 6.07) is 0. The van der Waals surface area contributed by atoms with E-state index in [4.69, 9.17) is 9.72 Å². The number of thiazole rings is 1. The molecule has 1 aromatic rings. The lowest BCUT2D eigenvalue weighted by Crippen LogP contribution is -2.13. The Morgan fingerprint density at radius 3 is 2.71 bits per heavy atom.